The maximum absolute atomic E-state index is 12.0. The number of carbonyl (C=O) groups is 1. The van der Waals surface area contributed by atoms with Crippen molar-refractivity contribution in [2.45, 2.75) is 58.4 Å². The van der Waals surface area contributed by atoms with E-state index in [1.54, 1.807) is 0 Å². The van der Waals surface area contributed by atoms with Gasteiger partial charge in [-0.1, -0.05) is 26.2 Å². The van der Waals surface area contributed by atoms with Gasteiger partial charge in [-0.25, -0.2) is 5.01 Å². The lowest BCUT2D eigenvalue weighted by Gasteiger charge is -2.41. The van der Waals surface area contributed by atoms with Crippen LogP contribution in [-0.2, 0) is 4.79 Å². The highest BCUT2D eigenvalue weighted by atomic mass is 16.2. The molecule has 0 aromatic heterocycles. The topological polar surface area (TPSA) is 49.6 Å². The summed E-state index contributed by atoms with van der Waals surface area (Å²) in [6.07, 6.45) is 6.84. The number of rotatable bonds is 6. The maximum Gasteiger partial charge on any atom is 0.238 e. The molecule has 1 rings (SSSR count). The van der Waals surface area contributed by atoms with E-state index in [1.165, 1.54) is 32.1 Å². The summed E-state index contributed by atoms with van der Waals surface area (Å²) in [6, 6.07) is 0.551. The van der Waals surface area contributed by atoms with Gasteiger partial charge >= 0.3 is 0 Å². The number of hydrogen-bond donors (Lipinski definition) is 1. The van der Waals surface area contributed by atoms with Gasteiger partial charge < -0.3 is 5.73 Å². The smallest absolute Gasteiger partial charge is 0.238 e. The van der Waals surface area contributed by atoms with Gasteiger partial charge in [0.05, 0.1) is 0 Å². The van der Waals surface area contributed by atoms with Gasteiger partial charge in [-0.05, 0) is 19.8 Å². The fourth-order valence-electron chi connectivity index (χ4n) is 2.76. The molecule has 0 aliphatic heterocycles. The van der Waals surface area contributed by atoms with Gasteiger partial charge in [0, 0.05) is 32.1 Å². The van der Waals surface area contributed by atoms with Gasteiger partial charge in [0.1, 0.15) is 0 Å². The van der Waals surface area contributed by atoms with Gasteiger partial charge in [-0.15, -0.1) is 0 Å². The Bertz CT molecular complexity index is 227. The molecule has 1 fully saturated rings. The molecule has 0 bridgehead atoms. The third-order valence-corrected chi connectivity index (χ3v) is 3.58. The molecule has 2 N–H and O–H groups in total. The van der Waals surface area contributed by atoms with Crippen molar-refractivity contribution < 1.29 is 4.79 Å². The minimum atomic E-state index is 0.169. The number of carbonyl (C=O) groups excluding carboxylic acids is 1. The summed E-state index contributed by atoms with van der Waals surface area (Å²) in [5.41, 5.74) is 5.48. The third-order valence-electron chi connectivity index (χ3n) is 3.58. The van der Waals surface area contributed by atoms with Crippen LogP contribution >= 0.6 is 0 Å². The van der Waals surface area contributed by atoms with E-state index in [0.29, 0.717) is 19.0 Å². The van der Waals surface area contributed by atoms with Gasteiger partial charge in [-0.2, -0.15) is 0 Å². The molecule has 0 saturated heterocycles. The van der Waals surface area contributed by atoms with Gasteiger partial charge in [0.15, 0.2) is 0 Å². The number of nitrogens with two attached hydrogens (primary N) is 1. The Kier molecular flexibility index (Phi) is 6.52. The molecule has 1 aliphatic rings. The Morgan fingerprint density at radius 2 is 1.82 bits per heavy atom. The van der Waals surface area contributed by atoms with Crippen molar-refractivity contribution in [2.75, 3.05) is 19.6 Å². The van der Waals surface area contributed by atoms with E-state index in [9.17, 15) is 4.79 Å². The van der Waals surface area contributed by atoms with Crippen LogP contribution in [0.5, 0.6) is 0 Å². The van der Waals surface area contributed by atoms with Gasteiger partial charge in [-0.3, -0.25) is 9.80 Å². The normalized spacial score (nSPS) is 17.4. The van der Waals surface area contributed by atoms with Crippen molar-refractivity contribution in [1.29, 1.82) is 0 Å². The van der Waals surface area contributed by atoms with E-state index >= 15 is 0 Å². The van der Waals surface area contributed by atoms with Crippen molar-refractivity contribution in [3.05, 3.63) is 0 Å². The first kappa shape index (κ1) is 14.5. The average Bonchev–Trinajstić information content (AvgIpc) is 2.37. The number of nitrogens with zero attached hydrogens (tertiary/aromatic N) is 2. The number of hydrogen-bond acceptors (Lipinski definition) is 3. The molecule has 1 aliphatic carbocycles. The van der Waals surface area contributed by atoms with Crippen LogP contribution in [-0.4, -0.2) is 41.6 Å². The van der Waals surface area contributed by atoms with Gasteiger partial charge in [0.2, 0.25) is 5.91 Å². The molecule has 4 heteroatoms. The Morgan fingerprint density at radius 1 is 1.18 bits per heavy atom. The summed E-state index contributed by atoms with van der Waals surface area (Å²) in [5.74, 6) is 0.169. The van der Waals surface area contributed by atoms with Crippen LogP contribution in [0.3, 0.4) is 0 Å². The second kappa shape index (κ2) is 7.67. The minimum Gasteiger partial charge on any atom is -0.330 e. The number of hydrazine groups is 1. The second-order valence-electron chi connectivity index (χ2n) is 4.70. The molecule has 4 nitrogen and oxygen atoms in total. The molecular formula is C13H27N3O. The lowest BCUT2D eigenvalue weighted by atomic mass is 9.95. The Morgan fingerprint density at radius 3 is 2.29 bits per heavy atom. The maximum atomic E-state index is 12.0. The van der Waals surface area contributed by atoms with Crippen LogP contribution < -0.4 is 5.73 Å². The molecule has 0 aromatic rings. The van der Waals surface area contributed by atoms with Crippen molar-refractivity contribution in [2.24, 2.45) is 5.73 Å². The summed E-state index contributed by atoms with van der Waals surface area (Å²) in [5, 5.41) is 4.17. The molecule has 0 aromatic carbocycles. The molecule has 100 valence electrons. The van der Waals surface area contributed by atoms with Gasteiger partial charge in [0.25, 0.3) is 0 Å². The Balaban J connectivity index is 2.64. The largest absolute Gasteiger partial charge is 0.330 e. The van der Waals surface area contributed by atoms with Crippen molar-refractivity contribution in [1.82, 2.24) is 10.0 Å². The van der Waals surface area contributed by atoms with Crippen LogP contribution in [0.2, 0.25) is 0 Å². The highest BCUT2D eigenvalue weighted by Gasteiger charge is 2.26. The summed E-state index contributed by atoms with van der Waals surface area (Å²) >= 11 is 0. The predicted octanol–water partition coefficient (Wildman–Crippen LogP) is 1.75. The first-order valence-corrected chi connectivity index (χ1v) is 7.01. The standard InChI is InChI=1S/C13H27N3O/c1-3-15(12-8-6-5-7-9-12)16(4-2)13(17)10-11-14/h12H,3-11,14H2,1-2H3. The average molecular weight is 241 g/mol. The van der Waals surface area contributed by atoms with E-state index in [0.717, 1.165) is 13.1 Å². The minimum absolute atomic E-state index is 0.169. The van der Waals surface area contributed by atoms with Crippen molar-refractivity contribution >= 4 is 5.91 Å². The zero-order valence-electron chi connectivity index (χ0n) is 11.3. The van der Waals surface area contributed by atoms with Crippen LogP contribution in [0.25, 0.3) is 0 Å². The SMILES string of the molecule is CCN(C(=O)CCN)N(CC)C1CCCCC1. The van der Waals surface area contributed by atoms with E-state index in [4.69, 9.17) is 5.73 Å². The zero-order valence-corrected chi connectivity index (χ0v) is 11.3. The highest BCUT2D eigenvalue weighted by molar-refractivity contribution is 5.75. The monoisotopic (exact) mass is 241 g/mol. The fraction of sp³-hybridized carbons (Fsp3) is 0.923. The van der Waals surface area contributed by atoms with Crippen molar-refractivity contribution in [3.63, 3.8) is 0 Å². The molecule has 0 atom stereocenters. The van der Waals surface area contributed by atoms with Crippen LogP contribution in [0.1, 0.15) is 52.4 Å². The first-order valence-electron chi connectivity index (χ1n) is 7.01. The zero-order chi connectivity index (χ0) is 12.7. The second-order valence-corrected chi connectivity index (χ2v) is 4.70. The van der Waals surface area contributed by atoms with Crippen molar-refractivity contribution in [3.8, 4) is 0 Å². The highest BCUT2D eigenvalue weighted by Crippen LogP contribution is 2.23. The third kappa shape index (κ3) is 3.96. The molecule has 17 heavy (non-hydrogen) atoms. The summed E-state index contributed by atoms with van der Waals surface area (Å²) in [6.45, 7) is 6.28. The van der Waals surface area contributed by atoms with E-state index in [2.05, 4.69) is 11.9 Å². The molecular weight excluding hydrogens is 214 g/mol. The van der Waals surface area contributed by atoms with E-state index in [1.807, 2.05) is 11.9 Å². The first-order chi connectivity index (χ1) is 8.24. The van der Waals surface area contributed by atoms with Crippen LogP contribution in [0, 0.1) is 0 Å². The van der Waals surface area contributed by atoms with Crippen LogP contribution in [0.15, 0.2) is 0 Å². The Hall–Kier alpha value is -0.610. The quantitative estimate of drug-likeness (QED) is 0.721. The molecule has 0 radical (unpaired) electrons. The van der Waals surface area contributed by atoms with E-state index < -0.39 is 0 Å². The molecule has 1 saturated carbocycles. The molecule has 0 heterocycles. The summed E-state index contributed by atoms with van der Waals surface area (Å²) < 4.78 is 0. The summed E-state index contributed by atoms with van der Waals surface area (Å²) in [4.78, 5) is 12.0. The molecule has 0 spiro atoms. The molecule has 0 unspecified atom stereocenters. The lowest BCUT2D eigenvalue weighted by Crippen LogP contribution is -2.52. The Labute approximate surface area is 105 Å². The predicted molar refractivity (Wildman–Crippen MR) is 70.3 cm³/mol. The summed E-state index contributed by atoms with van der Waals surface area (Å²) in [7, 11) is 0. The fourth-order valence-corrected chi connectivity index (χ4v) is 2.76. The van der Waals surface area contributed by atoms with E-state index in [-0.39, 0.29) is 5.91 Å². The van der Waals surface area contributed by atoms with Crippen LogP contribution in [0.4, 0.5) is 0 Å². The number of amides is 1. The lowest BCUT2D eigenvalue weighted by molar-refractivity contribution is -0.154. The molecule has 1 amide bonds.